The molecule has 1 aromatic rings. The van der Waals surface area contributed by atoms with Crippen LogP contribution in [-0.2, 0) is 11.8 Å². The fourth-order valence-corrected chi connectivity index (χ4v) is 2.85. The van der Waals surface area contributed by atoms with Crippen molar-refractivity contribution in [1.82, 2.24) is 5.32 Å². The molecule has 0 aliphatic carbocycles. The van der Waals surface area contributed by atoms with Gasteiger partial charge in [-0.15, -0.1) is 0 Å². The van der Waals surface area contributed by atoms with E-state index in [0.717, 1.165) is 18.9 Å². The lowest BCUT2D eigenvalue weighted by Crippen LogP contribution is -2.32. The van der Waals surface area contributed by atoms with Gasteiger partial charge in [-0.3, -0.25) is 0 Å². The second-order valence-corrected chi connectivity index (χ2v) is 6.12. The van der Waals surface area contributed by atoms with Crippen LogP contribution < -0.4 is 5.32 Å². The Kier molecular flexibility index (Phi) is 4.41. The van der Waals surface area contributed by atoms with Gasteiger partial charge in [-0.25, -0.2) is 0 Å². The zero-order valence-corrected chi connectivity index (χ0v) is 11.6. The molecule has 2 nitrogen and oxygen atoms in total. The summed E-state index contributed by atoms with van der Waals surface area (Å²) >= 11 is 0. The minimum Gasteiger partial charge on any atom is -0.395 e. The molecule has 0 bridgehead atoms. The molecule has 0 radical (unpaired) electrons. The van der Waals surface area contributed by atoms with Gasteiger partial charge >= 0.3 is 0 Å². The molecular formula is C16H25NO. The average Bonchev–Trinajstić information content (AvgIpc) is 2.40. The maximum atomic E-state index is 9.57. The van der Waals surface area contributed by atoms with Gasteiger partial charge in [0.15, 0.2) is 0 Å². The zero-order valence-electron chi connectivity index (χ0n) is 11.6. The van der Waals surface area contributed by atoms with Crippen molar-refractivity contribution in [2.75, 3.05) is 19.7 Å². The molecule has 1 unspecified atom stereocenters. The summed E-state index contributed by atoms with van der Waals surface area (Å²) in [6, 6.07) is 8.58. The summed E-state index contributed by atoms with van der Waals surface area (Å²) in [5, 5.41) is 13.0. The quantitative estimate of drug-likeness (QED) is 0.857. The average molecular weight is 247 g/mol. The molecule has 100 valence electrons. The Hall–Kier alpha value is -0.860. The molecule has 18 heavy (non-hydrogen) atoms. The van der Waals surface area contributed by atoms with Crippen molar-refractivity contribution in [2.24, 2.45) is 5.92 Å². The molecule has 2 rings (SSSR count). The Morgan fingerprint density at radius 3 is 2.78 bits per heavy atom. The molecular weight excluding hydrogens is 222 g/mol. The molecule has 2 heteroatoms. The largest absolute Gasteiger partial charge is 0.395 e. The summed E-state index contributed by atoms with van der Waals surface area (Å²) in [5.41, 5.74) is 2.57. The van der Waals surface area contributed by atoms with Gasteiger partial charge in [-0.1, -0.05) is 38.1 Å². The van der Waals surface area contributed by atoms with Crippen molar-refractivity contribution in [3.05, 3.63) is 35.4 Å². The molecule has 2 N–H and O–H groups in total. The molecule has 1 heterocycles. The van der Waals surface area contributed by atoms with Gasteiger partial charge in [0.2, 0.25) is 0 Å². The first kappa shape index (κ1) is 13.6. The molecule has 0 aromatic heterocycles. The second kappa shape index (κ2) is 5.85. The van der Waals surface area contributed by atoms with Crippen LogP contribution in [0.15, 0.2) is 24.3 Å². The van der Waals surface area contributed by atoms with E-state index in [1.54, 1.807) is 0 Å². The summed E-state index contributed by atoms with van der Waals surface area (Å²) < 4.78 is 0. The fourth-order valence-electron chi connectivity index (χ4n) is 2.85. The van der Waals surface area contributed by atoms with Crippen LogP contribution >= 0.6 is 0 Å². The number of aliphatic hydroxyl groups excluding tert-OH is 1. The Labute approximate surface area is 110 Å². The van der Waals surface area contributed by atoms with Gasteiger partial charge in [0.25, 0.3) is 0 Å². The van der Waals surface area contributed by atoms with Crippen LogP contribution in [0, 0.1) is 5.92 Å². The van der Waals surface area contributed by atoms with Crippen LogP contribution in [0.4, 0.5) is 0 Å². The lowest BCUT2D eigenvalue weighted by atomic mass is 9.79. The number of rotatable bonds is 4. The van der Waals surface area contributed by atoms with Gasteiger partial charge in [0, 0.05) is 5.41 Å². The van der Waals surface area contributed by atoms with E-state index in [1.165, 1.54) is 30.5 Å². The zero-order chi connectivity index (χ0) is 13.0. The monoisotopic (exact) mass is 247 g/mol. The standard InChI is InChI=1S/C16H25NO/c1-16(2,12-18)15-8-4-3-7-14(15)10-13-6-5-9-17-11-13/h3-4,7-8,13,17-18H,5-6,9-12H2,1-2H3. The fraction of sp³-hybridized carbons (Fsp3) is 0.625. The van der Waals surface area contributed by atoms with Crippen molar-refractivity contribution in [1.29, 1.82) is 0 Å². The minimum atomic E-state index is -0.140. The van der Waals surface area contributed by atoms with E-state index in [0.29, 0.717) is 0 Å². The number of nitrogens with one attached hydrogen (secondary N) is 1. The smallest absolute Gasteiger partial charge is 0.0522 e. The molecule has 0 spiro atoms. The molecule has 1 atom stereocenters. The van der Waals surface area contributed by atoms with Crippen molar-refractivity contribution in [3.8, 4) is 0 Å². The van der Waals surface area contributed by atoms with Gasteiger partial charge in [0.05, 0.1) is 6.61 Å². The highest BCUT2D eigenvalue weighted by atomic mass is 16.3. The predicted octanol–water partition coefficient (Wildman–Crippen LogP) is 2.50. The molecule has 0 amide bonds. The van der Waals surface area contributed by atoms with Crippen LogP contribution in [0.3, 0.4) is 0 Å². The first-order chi connectivity index (χ1) is 8.63. The summed E-state index contributed by atoms with van der Waals surface area (Å²) in [6.45, 7) is 6.73. The van der Waals surface area contributed by atoms with E-state index >= 15 is 0 Å². The highest BCUT2D eigenvalue weighted by Crippen LogP contribution is 2.28. The number of aliphatic hydroxyl groups is 1. The second-order valence-electron chi connectivity index (χ2n) is 6.12. The Morgan fingerprint density at radius 2 is 2.11 bits per heavy atom. The number of piperidine rings is 1. The number of hydrogen-bond acceptors (Lipinski definition) is 2. The van der Waals surface area contributed by atoms with Crippen LogP contribution in [0.2, 0.25) is 0 Å². The van der Waals surface area contributed by atoms with E-state index in [4.69, 9.17) is 0 Å². The normalized spacial score (nSPS) is 20.9. The van der Waals surface area contributed by atoms with Crippen LogP contribution in [-0.4, -0.2) is 24.8 Å². The third kappa shape index (κ3) is 3.12. The van der Waals surface area contributed by atoms with E-state index in [2.05, 4.69) is 43.4 Å². The van der Waals surface area contributed by atoms with Gasteiger partial charge in [-0.05, 0) is 49.4 Å². The molecule has 0 saturated carbocycles. The summed E-state index contributed by atoms with van der Waals surface area (Å²) in [7, 11) is 0. The van der Waals surface area contributed by atoms with Crippen LogP contribution in [0.5, 0.6) is 0 Å². The van der Waals surface area contributed by atoms with E-state index in [1.807, 2.05) is 0 Å². The Bertz CT molecular complexity index is 380. The van der Waals surface area contributed by atoms with E-state index in [9.17, 15) is 5.11 Å². The summed E-state index contributed by atoms with van der Waals surface area (Å²) in [6.07, 6.45) is 3.74. The lowest BCUT2D eigenvalue weighted by molar-refractivity contribution is 0.217. The highest BCUT2D eigenvalue weighted by Gasteiger charge is 2.24. The first-order valence-corrected chi connectivity index (χ1v) is 7.03. The minimum absolute atomic E-state index is 0.140. The molecule has 1 fully saturated rings. The maximum Gasteiger partial charge on any atom is 0.0522 e. The molecule has 1 saturated heterocycles. The topological polar surface area (TPSA) is 32.3 Å². The molecule has 1 aliphatic rings. The third-order valence-electron chi connectivity index (χ3n) is 4.05. The van der Waals surface area contributed by atoms with Crippen molar-refractivity contribution in [2.45, 2.75) is 38.5 Å². The Balaban J connectivity index is 2.16. The van der Waals surface area contributed by atoms with E-state index in [-0.39, 0.29) is 12.0 Å². The molecule has 1 aliphatic heterocycles. The Morgan fingerprint density at radius 1 is 1.33 bits per heavy atom. The van der Waals surface area contributed by atoms with Crippen molar-refractivity contribution < 1.29 is 5.11 Å². The SMILES string of the molecule is CC(C)(CO)c1ccccc1CC1CCCNC1. The summed E-state index contributed by atoms with van der Waals surface area (Å²) in [4.78, 5) is 0. The summed E-state index contributed by atoms with van der Waals surface area (Å²) in [5.74, 6) is 0.745. The highest BCUT2D eigenvalue weighted by molar-refractivity contribution is 5.34. The molecule has 1 aromatic carbocycles. The third-order valence-corrected chi connectivity index (χ3v) is 4.05. The van der Waals surface area contributed by atoms with Crippen molar-refractivity contribution >= 4 is 0 Å². The maximum absolute atomic E-state index is 9.57. The van der Waals surface area contributed by atoms with Gasteiger partial charge in [0.1, 0.15) is 0 Å². The van der Waals surface area contributed by atoms with Gasteiger partial charge in [-0.2, -0.15) is 0 Å². The first-order valence-electron chi connectivity index (χ1n) is 7.03. The predicted molar refractivity (Wildman–Crippen MR) is 75.9 cm³/mol. The number of hydrogen-bond donors (Lipinski definition) is 2. The lowest BCUT2D eigenvalue weighted by Gasteiger charge is -2.28. The van der Waals surface area contributed by atoms with Crippen LogP contribution in [0.25, 0.3) is 0 Å². The van der Waals surface area contributed by atoms with E-state index < -0.39 is 0 Å². The van der Waals surface area contributed by atoms with Gasteiger partial charge < -0.3 is 10.4 Å². The van der Waals surface area contributed by atoms with Crippen LogP contribution in [0.1, 0.15) is 37.8 Å². The van der Waals surface area contributed by atoms with Crippen molar-refractivity contribution in [3.63, 3.8) is 0 Å². The number of benzene rings is 1.